The largest absolute Gasteiger partial charge is 0.508 e. The van der Waals surface area contributed by atoms with Crippen molar-refractivity contribution in [1.29, 1.82) is 0 Å². The third-order valence-corrected chi connectivity index (χ3v) is 14.0. The van der Waals surface area contributed by atoms with E-state index in [0.717, 1.165) is 24.3 Å². The van der Waals surface area contributed by atoms with Gasteiger partial charge in [-0.3, -0.25) is 9.59 Å². The van der Waals surface area contributed by atoms with E-state index in [4.69, 9.17) is 9.47 Å². The summed E-state index contributed by atoms with van der Waals surface area (Å²) in [5.74, 6) is -7.88. The normalized spacial score (nSPS) is 19.4. The standard InChI is InChI=1S/C60H48O15/c61-34-9-1-30(2-10-34)24-46-56(57(73)42-20-17-39(66)27-50(42)70)59(33-7-13-36(63)14-8-33)75-60(46)44-28-43(51(71)29-52(44)72)54(41-19-16-38(65)26-49(41)69)55-45-23-31(3-21-47(67)40-18-15-37(64)25-48(40)68)4-22-53(45)74-58(55)32-5-11-35(62)12-6-32/h1-23,25-29,46,54-56,58-66,68-72H,24H2/b21-3+/t46-,54+,55?,56+,58-,59+,60-/m0/s1. The molecule has 1 saturated heterocycles. The van der Waals surface area contributed by atoms with Crippen molar-refractivity contribution in [2.75, 3.05) is 0 Å². The van der Waals surface area contributed by atoms with Crippen LogP contribution < -0.4 is 4.74 Å². The van der Waals surface area contributed by atoms with Gasteiger partial charge in [-0.2, -0.15) is 0 Å². The van der Waals surface area contributed by atoms with E-state index in [1.54, 1.807) is 54.6 Å². The van der Waals surface area contributed by atoms with Gasteiger partial charge in [0, 0.05) is 64.3 Å². The summed E-state index contributed by atoms with van der Waals surface area (Å²) >= 11 is 0. The minimum absolute atomic E-state index is 0.0139. The lowest BCUT2D eigenvalue weighted by atomic mass is 9.72. The van der Waals surface area contributed by atoms with Crippen molar-refractivity contribution >= 4 is 17.6 Å². The maximum Gasteiger partial charge on any atom is 0.189 e. The van der Waals surface area contributed by atoms with Gasteiger partial charge in [0.15, 0.2) is 11.6 Å². The molecule has 15 heteroatoms. The van der Waals surface area contributed by atoms with Crippen molar-refractivity contribution in [3.05, 3.63) is 219 Å². The average Bonchev–Trinajstić information content (AvgIpc) is 3.95. The number of carbonyl (C=O) groups is 2. The fraction of sp³-hybridized carbons (Fsp3) is 0.133. The van der Waals surface area contributed by atoms with Crippen LogP contribution in [0, 0.1) is 11.8 Å². The molecule has 0 saturated carbocycles. The van der Waals surface area contributed by atoms with E-state index in [1.165, 1.54) is 91.0 Å². The predicted octanol–water partition coefficient (Wildman–Crippen LogP) is 10.6. The minimum Gasteiger partial charge on any atom is -0.508 e. The SMILES string of the molecule is O=C(/C=C/c1ccc2c(c1)C([C@H](c1ccc(O)cc1O)c1cc([C@@H]3O[C@H](c4ccc(O)cc4)[C@@H](C(=O)c4ccc(O)cc4O)[C@@H]3Cc3ccc(O)cc3)c(O)cc1O)[C@H](c1ccc(O)cc1)O2)c1ccc(O)cc1O. The Morgan fingerprint density at radius 3 is 1.60 bits per heavy atom. The lowest BCUT2D eigenvalue weighted by molar-refractivity contribution is 0.0254. The number of allylic oxidation sites excluding steroid dienone is 1. The fourth-order valence-electron chi connectivity index (χ4n) is 10.5. The molecule has 2 heterocycles. The Morgan fingerprint density at radius 2 is 1.00 bits per heavy atom. The van der Waals surface area contributed by atoms with E-state index in [-0.39, 0.29) is 74.5 Å². The first-order valence-corrected chi connectivity index (χ1v) is 23.7. The molecule has 11 N–H and O–H groups in total. The molecule has 8 aromatic rings. The minimum atomic E-state index is -1.19. The highest BCUT2D eigenvalue weighted by Crippen LogP contribution is 2.60. The van der Waals surface area contributed by atoms with E-state index in [1.807, 2.05) is 0 Å². The molecule has 1 fully saturated rings. The number of phenolic OH excluding ortho intramolecular Hbond substituents is 11. The molecule has 0 aromatic heterocycles. The van der Waals surface area contributed by atoms with E-state index in [0.29, 0.717) is 33.6 Å². The Morgan fingerprint density at radius 1 is 0.467 bits per heavy atom. The summed E-state index contributed by atoms with van der Waals surface area (Å²) in [6.07, 6.45) is -0.354. The van der Waals surface area contributed by atoms with Crippen molar-refractivity contribution in [3.63, 3.8) is 0 Å². The second-order valence-corrected chi connectivity index (χ2v) is 18.7. The molecule has 1 unspecified atom stereocenters. The van der Waals surface area contributed by atoms with Gasteiger partial charge in [-0.15, -0.1) is 0 Å². The van der Waals surface area contributed by atoms with Crippen molar-refractivity contribution < 1.29 is 75.2 Å². The Hall–Kier alpha value is -9.60. The average molecular weight is 1010 g/mol. The molecule has 2 aliphatic heterocycles. The topological polar surface area (TPSA) is 275 Å². The van der Waals surface area contributed by atoms with Gasteiger partial charge in [0.25, 0.3) is 0 Å². The third kappa shape index (κ3) is 9.63. The van der Waals surface area contributed by atoms with Crippen LogP contribution in [0.4, 0.5) is 0 Å². The van der Waals surface area contributed by atoms with Crippen molar-refractivity contribution in [2.45, 2.75) is 36.6 Å². The molecular formula is C60H48O15. The quantitative estimate of drug-likeness (QED) is 0.0379. The van der Waals surface area contributed by atoms with E-state index >= 15 is 4.79 Å². The highest BCUT2D eigenvalue weighted by molar-refractivity contribution is 6.08. The molecule has 10 rings (SSSR count). The molecule has 0 amide bonds. The van der Waals surface area contributed by atoms with Gasteiger partial charge in [0.05, 0.1) is 29.3 Å². The van der Waals surface area contributed by atoms with Crippen LogP contribution in [0.5, 0.6) is 69.0 Å². The number of benzene rings is 8. The van der Waals surface area contributed by atoms with Crippen LogP contribution in [0.15, 0.2) is 164 Å². The Bertz CT molecular complexity index is 3520. The molecule has 15 nitrogen and oxygen atoms in total. The van der Waals surface area contributed by atoms with Crippen LogP contribution in [0.1, 0.15) is 95.4 Å². The molecule has 0 bridgehead atoms. The number of aromatic hydroxyl groups is 11. The monoisotopic (exact) mass is 1010 g/mol. The number of hydrogen-bond donors (Lipinski definition) is 11. The number of Topliss-reactive ketones (excluding diaryl/α,β-unsaturated/α-hetero) is 1. The lowest BCUT2D eigenvalue weighted by Gasteiger charge is -2.31. The molecule has 0 radical (unpaired) electrons. The van der Waals surface area contributed by atoms with E-state index in [2.05, 4.69) is 0 Å². The van der Waals surface area contributed by atoms with Crippen molar-refractivity contribution in [2.24, 2.45) is 11.8 Å². The molecule has 0 aliphatic carbocycles. The molecular weight excluding hydrogens is 961 g/mol. The third-order valence-electron chi connectivity index (χ3n) is 14.0. The maximum atomic E-state index is 15.1. The smallest absolute Gasteiger partial charge is 0.189 e. The molecule has 75 heavy (non-hydrogen) atoms. The summed E-state index contributed by atoms with van der Waals surface area (Å²) in [5, 5.41) is 119. The Balaban J connectivity index is 1.16. The lowest BCUT2D eigenvalue weighted by Crippen LogP contribution is -2.27. The second-order valence-electron chi connectivity index (χ2n) is 18.7. The highest BCUT2D eigenvalue weighted by Gasteiger charge is 2.51. The Kier molecular flexibility index (Phi) is 12.9. The van der Waals surface area contributed by atoms with Crippen molar-refractivity contribution in [1.82, 2.24) is 0 Å². The molecule has 8 aromatic carbocycles. The zero-order valence-corrected chi connectivity index (χ0v) is 39.5. The van der Waals surface area contributed by atoms with Crippen LogP contribution in [0.2, 0.25) is 0 Å². The molecule has 7 atom stereocenters. The molecule has 0 spiro atoms. The summed E-state index contributed by atoms with van der Waals surface area (Å²) in [5.41, 5.74) is 2.91. The van der Waals surface area contributed by atoms with Gasteiger partial charge in [0.2, 0.25) is 0 Å². The van der Waals surface area contributed by atoms with Crippen LogP contribution >= 0.6 is 0 Å². The number of ketones is 2. The summed E-state index contributed by atoms with van der Waals surface area (Å²) in [7, 11) is 0. The number of ether oxygens (including phenoxy) is 2. The van der Waals surface area contributed by atoms with E-state index in [9.17, 15) is 61.0 Å². The van der Waals surface area contributed by atoms with Crippen LogP contribution in [0.3, 0.4) is 0 Å². The Labute approximate surface area is 428 Å². The summed E-state index contributed by atoms with van der Waals surface area (Å²) < 4.78 is 13.7. The summed E-state index contributed by atoms with van der Waals surface area (Å²) in [4.78, 5) is 28.4. The molecule has 2 aliphatic rings. The zero-order chi connectivity index (χ0) is 52.8. The number of phenols is 11. The summed E-state index contributed by atoms with van der Waals surface area (Å²) in [6, 6.07) is 37.6. The van der Waals surface area contributed by atoms with Crippen molar-refractivity contribution in [3.8, 4) is 69.0 Å². The van der Waals surface area contributed by atoms with Crippen LogP contribution in [-0.2, 0) is 11.2 Å². The second kappa shape index (κ2) is 19.8. The van der Waals surface area contributed by atoms with Gasteiger partial charge in [-0.1, -0.05) is 54.6 Å². The van der Waals surface area contributed by atoms with Crippen LogP contribution in [0.25, 0.3) is 6.08 Å². The van der Waals surface area contributed by atoms with Crippen LogP contribution in [-0.4, -0.2) is 67.7 Å². The predicted molar refractivity (Wildman–Crippen MR) is 273 cm³/mol. The van der Waals surface area contributed by atoms with E-state index < -0.39 is 76.5 Å². The first kappa shape index (κ1) is 49.0. The number of carbonyl (C=O) groups excluding carboxylic acids is 2. The van der Waals surface area contributed by atoms with Gasteiger partial charge >= 0.3 is 0 Å². The number of fused-ring (bicyclic) bond motifs is 1. The van der Waals surface area contributed by atoms with Gasteiger partial charge in [-0.25, -0.2) is 0 Å². The highest BCUT2D eigenvalue weighted by atomic mass is 16.5. The number of rotatable bonds is 13. The van der Waals surface area contributed by atoms with Gasteiger partial charge in [0.1, 0.15) is 75.1 Å². The maximum absolute atomic E-state index is 15.1. The summed E-state index contributed by atoms with van der Waals surface area (Å²) in [6.45, 7) is 0. The first-order chi connectivity index (χ1) is 36.0. The fourth-order valence-corrected chi connectivity index (χ4v) is 10.5. The zero-order valence-electron chi connectivity index (χ0n) is 39.5. The molecule has 378 valence electrons. The first-order valence-electron chi connectivity index (χ1n) is 23.7. The number of hydrogen-bond acceptors (Lipinski definition) is 15. The van der Waals surface area contributed by atoms with Gasteiger partial charge in [-0.05, 0) is 120 Å². The van der Waals surface area contributed by atoms with Gasteiger partial charge < -0.3 is 65.6 Å².